The van der Waals surface area contributed by atoms with Crippen LogP contribution < -0.4 is 5.14 Å². The Bertz CT molecular complexity index is 393. The van der Waals surface area contributed by atoms with Crippen molar-refractivity contribution in [1.29, 1.82) is 0 Å². The Kier molecular flexibility index (Phi) is 4.93. The van der Waals surface area contributed by atoms with Crippen LogP contribution in [0.2, 0.25) is 0 Å². The van der Waals surface area contributed by atoms with Crippen molar-refractivity contribution in [3.8, 4) is 0 Å². The molecule has 2 N–H and O–H groups in total. The maximum atomic E-state index is 12.3. The van der Waals surface area contributed by atoms with Crippen molar-refractivity contribution < 1.29 is 8.42 Å². The molecule has 2 rings (SSSR count). The van der Waals surface area contributed by atoms with Crippen molar-refractivity contribution in [2.24, 2.45) is 17.0 Å². The van der Waals surface area contributed by atoms with E-state index in [0.717, 1.165) is 32.1 Å². The minimum absolute atomic E-state index is 0.223. The van der Waals surface area contributed by atoms with E-state index < -0.39 is 14.8 Å². The van der Waals surface area contributed by atoms with E-state index in [1.54, 1.807) is 0 Å². The van der Waals surface area contributed by atoms with Gasteiger partial charge in [0.25, 0.3) is 0 Å². The Labute approximate surface area is 118 Å². The van der Waals surface area contributed by atoms with Gasteiger partial charge >= 0.3 is 0 Å². The summed E-state index contributed by atoms with van der Waals surface area (Å²) in [7, 11) is -3.46. The smallest absolute Gasteiger partial charge is 0.215 e. The molecule has 0 amide bonds. The summed E-state index contributed by atoms with van der Waals surface area (Å²) in [6, 6.07) is 0. The topological polar surface area (TPSA) is 60.2 Å². The Morgan fingerprint density at radius 3 is 1.89 bits per heavy atom. The molecule has 0 heterocycles. The molecule has 3 unspecified atom stereocenters. The standard InChI is InChI=1S/C15H29NO2S/c1-13-14-9-5-2-3-7-11-15(13,19(16,17)18)12-8-4-6-10-14/h13-14H,2-12H2,1H3,(H2,16,17,18). The average Bonchev–Trinajstić information content (AvgIpc) is 2.41. The third-order valence-corrected chi connectivity index (χ3v) is 7.62. The maximum Gasteiger partial charge on any atom is 0.215 e. The summed E-state index contributed by atoms with van der Waals surface area (Å²) < 4.78 is 24.1. The van der Waals surface area contributed by atoms with Crippen LogP contribution in [0, 0.1) is 11.8 Å². The van der Waals surface area contributed by atoms with Crippen LogP contribution >= 0.6 is 0 Å². The molecule has 2 bridgehead atoms. The molecule has 2 saturated carbocycles. The molecule has 0 aliphatic heterocycles. The number of sulfonamides is 1. The summed E-state index contributed by atoms with van der Waals surface area (Å²) in [5.41, 5.74) is 0. The van der Waals surface area contributed by atoms with Crippen LogP contribution in [-0.2, 0) is 10.0 Å². The Balaban J connectivity index is 2.38. The fourth-order valence-corrected chi connectivity index (χ4v) is 5.96. The van der Waals surface area contributed by atoms with Gasteiger partial charge in [0.15, 0.2) is 0 Å². The van der Waals surface area contributed by atoms with Gasteiger partial charge in [-0.3, -0.25) is 0 Å². The van der Waals surface area contributed by atoms with Gasteiger partial charge in [-0.1, -0.05) is 64.7 Å². The highest BCUT2D eigenvalue weighted by atomic mass is 32.2. The Morgan fingerprint density at radius 1 is 0.895 bits per heavy atom. The third-order valence-electron chi connectivity index (χ3n) is 5.70. The molecule has 0 aromatic heterocycles. The van der Waals surface area contributed by atoms with Crippen LogP contribution in [0.4, 0.5) is 0 Å². The van der Waals surface area contributed by atoms with Gasteiger partial charge in [0.2, 0.25) is 10.0 Å². The van der Waals surface area contributed by atoms with Crippen molar-refractivity contribution in [2.75, 3.05) is 0 Å². The maximum absolute atomic E-state index is 12.3. The molecule has 2 aliphatic rings. The lowest BCUT2D eigenvalue weighted by Crippen LogP contribution is -2.51. The van der Waals surface area contributed by atoms with Crippen molar-refractivity contribution >= 4 is 10.0 Å². The van der Waals surface area contributed by atoms with Crippen molar-refractivity contribution in [2.45, 2.75) is 82.3 Å². The highest BCUT2D eigenvalue weighted by Crippen LogP contribution is 2.45. The summed E-state index contributed by atoms with van der Waals surface area (Å²) in [6.07, 6.45) is 12.1. The van der Waals surface area contributed by atoms with Crippen LogP contribution in [0.15, 0.2) is 0 Å². The van der Waals surface area contributed by atoms with E-state index in [9.17, 15) is 8.42 Å². The first-order chi connectivity index (χ1) is 8.97. The zero-order chi connectivity index (χ0) is 13.9. The van der Waals surface area contributed by atoms with Gasteiger partial charge in [0.1, 0.15) is 0 Å². The zero-order valence-electron chi connectivity index (χ0n) is 12.2. The minimum atomic E-state index is -3.46. The van der Waals surface area contributed by atoms with E-state index >= 15 is 0 Å². The molecule has 19 heavy (non-hydrogen) atoms. The molecule has 112 valence electrons. The quantitative estimate of drug-likeness (QED) is 0.801. The molecule has 4 heteroatoms. The lowest BCUT2D eigenvalue weighted by Gasteiger charge is -2.42. The predicted molar refractivity (Wildman–Crippen MR) is 79.3 cm³/mol. The summed E-state index contributed by atoms with van der Waals surface area (Å²) >= 11 is 0. The average molecular weight is 287 g/mol. The first kappa shape index (κ1) is 15.3. The molecule has 2 aliphatic carbocycles. The summed E-state index contributed by atoms with van der Waals surface area (Å²) in [4.78, 5) is 0. The highest BCUT2D eigenvalue weighted by Gasteiger charge is 2.48. The molecular formula is C15H29NO2S. The fraction of sp³-hybridized carbons (Fsp3) is 1.00. The number of primary sulfonamides is 1. The lowest BCUT2D eigenvalue weighted by atomic mass is 9.72. The van der Waals surface area contributed by atoms with E-state index in [2.05, 4.69) is 6.92 Å². The van der Waals surface area contributed by atoms with Gasteiger partial charge < -0.3 is 0 Å². The van der Waals surface area contributed by atoms with E-state index in [1.165, 1.54) is 38.5 Å². The molecule has 0 spiro atoms. The number of hydrogen-bond donors (Lipinski definition) is 1. The number of fused-ring (bicyclic) bond motifs is 2. The fourth-order valence-electron chi connectivity index (χ4n) is 4.39. The normalized spacial score (nSPS) is 38.4. The molecule has 3 atom stereocenters. The molecule has 3 nitrogen and oxygen atoms in total. The summed E-state index contributed by atoms with van der Waals surface area (Å²) in [5.74, 6) is 0.776. The summed E-state index contributed by atoms with van der Waals surface area (Å²) in [5, 5.41) is 5.71. The van der Waals surface area contributed by atoms with Crippen molar-refractivity contribution in [1.82, 2.24) is 0 Å². The molecule has 0 aromatic rings. The minimum Gasteiger partial charge on any atom is -0.228 e. The van der Waals surface area contributed by atoms with Crippen molar-refractivity contribution in [3.63, 3.8) is 0 Å². The van der Waals surface area contributed by atoms with E-state index in [-0.39, 0.29) is 5.92 Å². The highest BCUT2D eigenvalue weighted by molar-refractivity contribution is 7.90. The van der Waals surface area contributed by atoms with Crippen LogP contribution in [-0.4, -0.2) is 13.2 Å². The van der Waals surface area contributed by atoms with Crippen LogP contribution in [0.1, 0.15) is 77.6 Å². The first-order valence-corrected chi connectivity index (χ1v) is 9.54. The van der Waals surface area contributed by atoms with Gasteiger partial charge in [-0.25, -0.2) is 13.6 Å². The van der Waals surface area contributed by atoms with Crippen LogP contribution in [0.25, 0.3) is 0 Å². The second-order valence-electron chi connectivity index (χ2n) is 6.71. The second kappa shape index (κ2) is 6.13. The monoisotopic (exact) mass is 287 g/mol. The van der Waals surface area contributed by atoms with Crippen molar-refractivity contribution in [3.05, 3.63) is 0 Å². The zero-order valence-corrected chi connectivity index (χ0v) is 13.1. The Morgan fingerprint density at radius 2 is 1.37 bits per heavy atom. The first-order valence-electron chi connectivity index (χ1n) is 8.00. The van der Waals surface area contributed by atoms with Crippen LogP contribution in [0.3, 0.4) is 0 Å². The van der Waals surface area contributed by atoms with Gasteiger partial charge in [-0.15, -0.1) is 0 Å². The van der Waals surface area contributed by atoms with Gasteiger partial charge in [-0.05, 0) is 24.7 Å². The van der Waals surface area contributed by atoms with Crippen LogP contribution in [0.5, 0.6) is 0 Å². The molecule has 2 fully saturated rings. The predicted octanol–water partition coefficient (Wildman–Crippen LogP) is 3.58. The number of rotatable bonds is 1. The van der Waals surface area contributed by atoms with Gasteiger partial charge in [0, 0.05) is 0 Å². The van der Waals surface area contributed by atoms with E-state index in [1.807, 2.05) is 0 Å². The molecular weight excluding hydrogens is 258 g/mol. The summed E-state index contributed by atoms with van der Waals surface area (Å²) in [6.45, 7) is 2.16. The van der Waals surface area contributed by atoms with E-state index in [0.29, 0.717) is 5.92 Å². The number of hydrogen-bond acceptors (Lipinski definition) is 2. The molecule has 0 aromatic carbocycles. The number of nitrogens with two attached hydrogens (primary N) is 1. The lowest BCUT2D eigenvalue weighted by molar-refractivity contribution is 0.198. The van der Waals surface area contributed by atoms with E-state index in [4.69, 9.17) is 5.14 Å². The third kappa shape index (κ3) is 3.15. The van der Waals surface area contributed by atoms with Gasteiger partial charge in [0.05, 0.1) is 4.75 Å². The Hall–Kier alpha value is -0.0900. The SMILES string of the molecule is CC1C2CCCCCCC1(S(N)(=O)=O)CCCCC2. The second-order valence-corrected chi connectivity index (χ2v) is 8.61. The van der Waals surface area contributed by atoms with Gasteiger partial charge in [-0.2, -0.15) is 0 Å². The molecule has 0 saturated heterocycles. The largest absolute Gasteiger partial charge is 0.228 e. The molecule has 0 radical (unpaired) electrons.